The van der Waals surface area contributed by atoms with Gasteiger partial charge in [-0.15, -0.1) is 0 Å². The van der Waals surface area contributed by atoms with Gasteiger partial charge in [0.1, 0.15) is 0 Å². The topological polar surface area (TPSA) is 26.2 Å². The van der Waals surface area contributed by atoms with Crippen molar-refractivity contribution in [2.45, 2.75) is 38.8 Å². The average Bonchev–Trinajstić information content (AvgIpc) is 2.97. The predicted molar refractivity (Wildman–Crippen MR) is 70.0 cm³/mol. The zero-order valence-electron chi connectivity index (χ0n) is 10.8. The van der Waals surface area contributed by atoms with E-state index in [1.54, 1.807) is 7.11 Å². The van der Waals surface area contributed by atoms with E-state index in [9.17, 15) is 0 Å². The highest BCUT2D eigenvalue weighted by Gasteiger charge is 2.15. The standard InChI is InChI=1S/C14H24N2O/c1-17-10-8-15-11-14-7-4-9-16(14)12-13-5-2-3-6-13/h4,7,9,13,15H,2-3,5-6,8,10-12H2,1H3. The summed E-state index contributed by atoms with van der Waals surface area (Å²) in [6.45, 7) is 3.85. The van der Waals surface area contributed by atoms with Gasteiger partial charge in [0.15, 0.2) is 0 Å². The molecule has 1 heterocycles. The zero-order valence-corrected chi connectivity index (χ0v) is 10.8. The summed E-state index contributed by atoms with van der Waals surface area (Å²) >= 11 is 0. The summed E-state index contributed by atoms with van der Waals surface area (Å²) in [6, 6.07) is 4.37. The molecule has 0 bridgehead atoms. The first-order chi connectivity index (χ1) is 8.40. The van der Waals surface area contributed by atoms with Crippen molar-refractivity contribution in [2.24, 2.45) is 5.92 Å². The molecule has 1 aromatic heterocycles. The molecule has 0 spiro atoms. The molecule has 1 fully saturated rings. The van der Waals surface area contributed by atoms with Crippen molar-refractivity contribution in [1.29, 1.82) is 0 Å². The molecule has 1 aliphatic rings. The number of rotatable bonds is 7. The normalized spacial score (nSPS) is 16.8. The average molecular weight is 236 g/mol. The van der Waals surface area contributed by atoms with Gasteiger partial charge in [0.25, 0.3) is 0 Å². The Balaban J connectivity index is 1.79. The number of nitrogens with zero attached hydrogens (tertiary/aromatic N) is 1. The summed E-state index contributed by atoms with van der Waals surface area (Å²) < 4.78 is 7.44. The molecule has 0 aromatic carbocycles. The van der Waals surface area contributed by atoms with Crippen LogP contribution < -0.4 is 5.32 Å². The Labute approximate surface area is 104 Å². The molecule has 96 valence electrons. The number of nitrogens with one attached hydrogen (secondary N) is 1. The molecule has 2 rings (SSSR count). The van der Waals surface area contributed by atoms with Crippen LogP contribution in [0.3, 0.4) is 0 Å². The predicted octanol–water partition coefficient (Wildman–Crippen LogP) is 2.41. The molecule has 0 unspecified atom stereocenters. The summed E-state index contributed by atoms with van der Waals surface area (Å²) in [4.78, 5) is 0. The summed E-state index contributed by atoms with van der Waals surface area (Å²) in [5, 5.41) is 3.41. The first-order valence-electron chi connectivity index (χ1n) is 6.74. The van der Waals surface area contributed by atoms with E-state index in [1.165, 1.54) is 37.9 Å². The summed E-state index contributed by atoms with van der Waals surface area (Å²) in [5.41, 5.74) is 1.40. The van der Waals surface area contributed by atoms with Crippen LogP contribution in [-0.4, -0.2) is 24.8 Å². The third kappa shape index (κ3) is 3.86. The van der Waals surface area contributed by atoms with Crippen molar-refractivity contribution in [1.82, 2.24) is 9.88 Å². The van der Waals surface area contributed by atoms with E-state index < -0.39 is 0 Å². The third-order valence-electron chi connectivity index (χ3n) is 3.64. The molecule has 3 heteroatoms. The molecule has 1 aliphatic carbocycles. The van der Waals surface area contributed by atoms with Gasteiger partial charge in [-0.3, -0.25) is 0 Å². The van der Waals surface area contributed by atoms with Gasteiger partial charge in [-0.2, -0.15) is 0 Å². The number of methoxy groups -OCH3 is 1. The fourth-order valence-corrected chi connectivity index (χ4v) is 2.65. The number of hydrogen-bond acceptors (Lipinski definition) is 2. The van der Waals surface area contributed by atoms with E-state index in [2.05, 4.69) is 28.2 Å². The van der Waals surface area contributed by atoms with Gasteiger partial charge < -0.3 is 14.6 Å². The van der Waals surface area contributed by atoms with Gasteiger partial charge in [-0.25, -0.2) is 0 Å². The van der Waals surface area contributed by atoms with Gasteiger partial charge in [0, 0.05) is 38.6 Å². The van der Waals surface area contributed by atoms with E-state index in [0.29, 0.717) is 0 Å². The monoisotopic (exact) mass is 236 g/mol. The minimum absolute atomic E-state index is 0.781. The lowest BCUT2D eigenvalue weighted by Gasteiger charge is -2.14. The first-order valence-corrected chi connectivity index (χ1v) is 6.74. The van der Waals surface area contributed by atoms with Crippen molar-refractivity contribution >= 4 is 0 Å². The summed E-state index contributed by atoms with van der Waals surface area (Å²) in [6.07, 6.45) is 7.88. The molecule has 0 atom stereocenters. The molecule has 1 N–H and O–H groups in total. The molecule has 0 saturated heterocycles. The maximum atomic E-state index is 5.03. The van der Waals surface area contributed by atoms with Gasteiger partial charge >= 0.3 is 0 Å². The van der Waals surface area contributed by atoms with Crippen molar-refractivity contribution in [2.75, 3.05) is 20.3 Å². The lowest BCUT2D eigenvalue weighted by molar-refractivity contribution is 0.199. The van der Waals surface area contributed by atoms with Crippen LogP contribution in [0, 0.1) is 5.92 Å². The maximum Gasteiger partial charge on any atom is 0.0587 e. The molecule has 0 radical (unpaired) electrons. The van der Waals surface area contributed by atoms with Gasteiger partial charge in [-0.05, 0) is 30.9 Å². The number of hydrogen-bond donors (Lipinski definition) is 1. The van der Waals surface area contributed by atoms with Crippen LogP contribution in [0.2, 0.25) is 0 Å². The van der Waals surface area contributed by atoms with Crippen molar-refractivity contribution in [3.8, 4) is 0 Å². The fraction of sp³-hybridized carbons (Fsp3) is 0.714. The molecule has 0 aliphatic heterocycles. The first kappa shape index (κ1) is 12.7. The second kappa shape index (κ2) is 6.82. The lowest BCUT2D eigenvalue weighted by atomic mass is 10.1. The highest BCUT2D eigenvalue weighted by molar-refractivity contribution is 5.07. The Morgan fingerprint density at radius 2 is 2.24 bits per heavy atom. The minimum Gasteiger partial charge on any atom is -0.383 e. The van der Waals surface area contributed by atoms with E-state index in [1.807, 2.05) is 0 Å². The molecule has 1 aromatic rings. The fourth-order valence-electron chi connectivity index (χ4n) is 2.65. The highest BCUT2D eigenvalue weighted by atomic mass is 16.5. The molecule has 0 amide bonds. The van der Waals surface area contributed by atoms with Crippen molar-refractivity contribution in [3.05, 3.63) is 24.0 Å². The van der Waals surface area contributed by atoms with Crippen LogP contribution in [0.1, 0.15) is 31.4 Å². The Morgan fingerprint density at radius 1 is 1.41 bits per heavy atom. The van der Waals surface area contributed by atoms with E-state index in [-0.39, 0.29) is 0 Å². The molecule has 3 nitrogen and oxygen atoms in total. The van der Waals surface area contributed by atoms with Crippen molar-refractivity contribution < 1.29 is 4.74 Å². The summed E-state index contributed by atoms with van der Waals surface area (Å²) in [7, 11) is 1.74. The van der Waals surface area contributed by atoms with Crippen molar-refractivity contribution in [3.63, 3.8) is 0 Å². The van der Waals surface area contributed by atoms with Gasteiger partial charge in [0.2, 0.25) is 0 Å². The number of ether oxygens (including phenoxy) is 1. The maximum absolute atomic E-state index is 5.03. The molecule has 1 saturated carbocycles. The number of aromatic nitrogens is 1. The van der Waals surface area contributed by atoms with Crippen LogP contribution >= 0.6 is 0 Å². The largest absolute Gasteiger partial charge is 0.383 e. The summed E-state index contributed by atoms with van der Waals surface area (Å²) in [5.74, 6) is 0.903. The van der Waals surface area contributed by atoms with E-state index in [0.717, 1.165) is 25.6 Å². The second-order valence-electron chi connectivity index (χ2n) is 4.97. The smallest absolute Gasteiger partial charge is 0.0587 e. The van der Waals surface area contributed by atoms with Gasteiger partial charge in [-0.1, -0.05) is 12.8 Å². The van der Waals surface area contributed by atoms with Crippen LogP contribution in [0.25, 0.3) is 0 Å². The zero-order chi connectivity index (χ0) is 11.9. The van der Waals surface area contributed by atoms with Crippen LogP contribution in [0.15, 0.2) is 18.3 Å². The SMILES string of the molecule is COCCNCc1cccn1CC1CCCC1. The Kier molecular flexibility index (Phi) is 5.08. The second-order valence-corrected chi connectivity index (χ2v) is 4.97. The minimum atomic E-state index is 0.781. The quantitative estimate of drug-likeness (QED) is 0.736. The third-order valence-corrected chi connectivity index (χ3v) is 3.64. The van der Waals surface area contributed by atoms with Crippen LogP contribution in [0.4, 0.5) is 0 Å². The Bertz CT molecular complexity index is 316. The highest BCUT2D eigenvalue weighted by Crippen LogP contribution is 2.26. The van der Waals surface area contributed by atoms with Crippen LogP contribution in [0.5, 0.6) is 0 Å². The van der Waals surface area contributed by atoms with Crippen LogP contribution in [-0.2, 0) is 17.8 Å². The Morgan fingerprint density at radius 3 is 3.00 bits per heavy atom. The molecule has 17 heavy (non-hydrogen) atoms. The Hall–Kier alpha value is -0.800. The van der Waals surface area contributed by atoms with E-state index in [4.69, 9.17) is 4.74 Å². The molecular formula is C14H24N2O. The van der Waals surface area contributed by atoms with Gasteiger partial charge in [0.05, 0.1) is 6.61 Å². The lowest BCUT2D eigenvalue weighted by Crippen LogP contribution is -2.21. The molecular weight excluding hydrogens is 212 g/mol. The van der Waals surface area contributed by atoms with E-state index >= 15 is 0 Å².